The van der Waals surface area contributed by atoms with Crippen LogP contribution in [0, 0.1) is 0 Å². The summed E-state index contributed by atoms with van der Waals surface area (Å²) in [6.45, 7) is 2.04. The van der Waals surface area contributed by atoms with Gasteiger partial charge in [-0.3, -0.25) is 9.52 Å². The van der Waals surface area contributed by atoms with Crippen LogP contribution in [0.4, 0.5) is 11.4 Å². The minimum Gasteiger partial charge on any atom is -0.381 e. The molecular formula is C23H31N7O3S. The van der Waals surface area contributed by atoms with Gasteiger partial charge in [0.1, 0.15) is 0 Å². The van der Waals surface area contributed by atoms with Crippen LogP contribution >= 0.6 is 0 Å². The maximum Gasteiger partial charge on any atom is 0.252 e. The smallest absolute Gasteiger partial charge is 0.252 e. The number of rotatable bonds is 8. The quantitative estimate of drug-likeness (QED) is 0.382. The normalized spacial score (nSPS) is 19.6. The lowest BCUT2D eigenvalue weighted by molar-refractivity contribution is 0.100. The van der Waals surface area contributed by atoms with Gasteiger partial charge in [-0.1, -0.05) is 19.1 Å². The maximum absolute atomic E-state index is 12.2. The summed E-state index contributed by atoms with van der Waals surface area (Å²) in [4.78, 5) is 16.7. The van der Waals surface area contributed by atoms with E-state index in [1.54, 1.807) is 18.3 Å². The van der Waals surface area contributed by atoms with Crippen molar-refractivity contribution in [3.63, 3.8) is 0 Å². The van der Waals surface area contributed by atoms with Gasteiger partial charge in [0.2, 0.25) is 10.0 Å². The highest BCUT2D eigenvalue weighted by molar-refractivity contribution is 7.92. The fraction of sp³-hybridized carbons (Fsp3) is 0.435. The second-order valence-electron chi connectivity index (χ2n) is 8.91. The van der Waals surface area contributed by atoms with Crippen molar-refractivity contribution in [2.45, 2.75) is 57.2 Å². The van der Waals surface area contributed by atoms with Crippen molar-refractivity contribution in [2.24, 2.45) is 11.5 Å². The minimum absolute atomic E-state index is 0.128. The second kappa shape index (κ2) is 9.59. The third kappa shape index (κ3) is 5.15. The van der Waals surface area contributed by atoms with Gasteiger partial charge in [0.15, 0.2) is 5.65 Å². The molecule has 1 amide bonds. The van der Waals surface area contributed by atoms with Crippen molar-refractivity contribution in [3.8, 4) is 0 Å². The van der Waals surface area contributed by atoms with E-state index in [2.05, 4.69) is 20.1 Å². The molecule has 1 fully saturated rings. The molecule has 11 heteroatoms. The predicted octanol–water partition coefficient (Wildman–Crippen LogP) is 2.58. The van der Waals surface area contributed by atoms with E-state index in [-0.39, 0.29) is 18.1 Å². The standard InChI is InChI=1S/C23H31N7O3S/c1-3-20(14-4-8-17(9-5-14)29-34(2,32)33)30-23-19(13-27-30)21(18(12-26-23)22(25)31)28-16-10-6-15(24)7-11-16/h4-5,8-9,12-13,15-16,20,29H,3,6-7,10-11,24H2,1-2H3,(H2,25,31)(H,26,28). The molecule has 3 aromatic rings. The summed E-state index contributed by atoms with van der Waals surface area (Å²) in [5.74, 6) is -0.543. The number of nitrogens with zero attached hydrogens (tertiary/aromatic N) is 3. The number of benzene rings is 1. The number of primary amides is 1. The summed E-state index contributed by atoms with van der Waals surface area (Å²) >= 11 is 0. The van der Waals surface area contributed by atoms with E-state index in [9.17, 15) is 13.2 Å². The van der Waals surface area contributed by atoms with Crippen LogP contribution < -0.4 is 21.5 Å². The second-order valence-corrected chi connectivity index (χ2v) is 10.7. The molecule has 0 aliphatic heterocycles. The van der Waals surface area contributed by atoms with Crippen LogP contribution in [0.5, 0.6) is 0 Å². The third-order valence-electron chi connectivity index (χ3n) is 6.29. The maximum atomic E-state index is 12.2. The average molecular weight is 486 g/mol. The van der Waals surface area contributed by atoms with Crippen LogP contribution in [0.25, 0.3) is 11.0 Å². The lowest BCUT2D eigenvalue weighted by Gasteiger charge is -2.28. The molecule has 1 aliphatic carbocycles. The fourth-order valence-electron chi connectivity index (χ4n) is 4.57. The van der Waals surface area contributed by atoms with E-state index in [0.29, 0.717) is 22.6 Å². The summed E-state index contributed by atoms with van der Waals surface area (Å²) in [5.41, 5.74) is 14.8. The number of anilines is 2. The number of aromatic nitrogens is 3. The summed E-state index contributed by atoms with van der Waals surface area (Å²) < 4.78 is 27.3. The van der Waals surface area contributed by atoms with Crippen molar-refractivity contribution in [3.05, 3.63) is 47.8 Å². The zero-order chi connectivity index (χ0) is 24.5. The van der Waals surface area contributed by atoms with E-state index in [1.165, 1.54) is 6.20 Å². The number of pyridine rings is 1. The van der Waals surface area contributed by atoms with Crippen LogP contribution in [-0.2, 0) is 10.0 Å². The number of fused-ring (bicyclic) bond motifs is 1. The SMILES string of the molecule is CCC(c1ccc(NS(C)(=O)=O)cc1)n1ncc2c(NC3CCC(N)CC3)c(C(N)=O)cnc21. The summed E-state index contributed by atoms with van der Waals surface area (Å²) in [6, 6.07) is 7.49. The molecule has 2 heterocycles. The number of nitrogens with two attached hydrogens (primary N) is 2. The van der Waals surface area contributed by atoms with Gasteiger partial charge in [-0.25, -0.2) is 18.1 Å². The van der Waals surface area contributed by atoms with Crippen LogP contribution in [0.3, 0.4) is 0 Å². The van der Waals surface area contributed by atoms with Gasteiger partial charge in [0.25, 0.3) is 5.91 Å². The van der Waals surface area contributed by atoms with Crippen LogP contribution in [0.15, 0.2) is 36.7 Å². The number of amides is 1. The van der Waals surface area contributed by atoms with Crippen molar-refractivity contribution in [1.29, 1.82) is 0 Å². The topological polar surface area (TPSA) is 158 Å². The van der Waals surface area contributed by atoms with E-state index in [1.807, 2.05) is 23.7 Å². The van der Waals surface area contributed by atoms with Crippen LogP contribution in [-0.4, -0.2) is 47.4 Å². The number of sulfonamides is 1. The first-order chi connectivity index (χ1) is 16.2. The Kier molecular flexibility index (Phi) is 6.76. The number of hydrogen-bond donors (Lipinski definition) is 4. The molecule has 1 aromatic carbocycles. The fourth-order valence-corrected chi connectivity index (χ4v) is 5.14. The molecule has 10 nitrogen and oxygen atoms in total. The molecule has 1 saturated carbocycles. The Labute approximate surface area is 199 Å². The zero-order valence-corrected chi connectivity index (χ0v) is 20.2. The molecule has 0 spiro atoms. The minimum atomic E-state index is -3.35. The average Bonchev–Trinajstić information content (AvgIpc) is 3.20. The van der Waals surface area contributed by atoms with Crippen LogP contribution in [0.2, 0.25) is 0 Å². The van der Waals surface area contributed by atoms with Crippen molar-refractivity contribution >= 4 is 38.3 Å². The van der Waals surface area contributed by atoms with E-state index < -0.39 is 15.9 Å². The third-order valence-corrected chi connectivity index (χ3v) is 6.90. The first-order valence-electron chi connectivity index (χ1n) is 11.4. The van der Waals surface area contributed by atoms with Crippen LogP contribution in [0.1, 0.15) is 61.0 Å². The Morgan fingerprint density at radius 3 is 2.44 bits per heavy atom. The van der Waals surface area contributed by atoms with E-state index >= 15 is 0 Å². The van der Waals surface area contributed by atoms with Crippen molar-refractivity contribution in [2.75, 3.05) is 16.3 Å². The van der Waals surface area contributed by atoms with Gasteiger partial charge >= 0.3 is 0 Å². The predicted molar refractivity (Wildman–Crippen MR) is 133 cm³/mol. The Balaban J connectivity index is 1.69. The summed E-state index contributed by atoms with van der Waals surface area (Å²) in [7, 11) is -3.35. The Morgan fingerprint density at radius 1 is 1.18 bits per heavy atom. The first-order valence-corrected chi connectivity index (χ1v) is 13.3. The van der Waals surface area contributed by atoms with E-state index in [0.717, 1.165) is 49.3 Å². The molecule has 1 unspecified atom stereocenters. The molecular weight excluding hydrogens is 454 g/mol. The van der Waals surface area contributed by atoms with Gasteiger partial charge in [-0.2, -0.15) is 5.10 Å². The number of hydrogen-bond acceptors (Lipinski definition) is 7. The van der Waals surface area contributed by atoms with Crippen molar-refractivity contribution < 1.29 is 13.2 Å². The lowest BCUT2D eigenvalue weighted by atomic mass is 9.91. The molecule has 2 aromatic heterocycles. The van der Waals surface area contributed by atoms with Gasteiger partial charge in [-0.15, -0.1) is 0 Å². The largest absolute Gasteiger partial charge is 0.381 e. The number of nitrogens with one attached hydrogen (secondary N) is 2. The molecule has 0 bridgehead atoms. The van der Waals surface area contributed by atoms with Crippen molar-refractivity contribution in [1.82, 2.24) is 14.8 Å². The van der Waals surface area contributed by atoms with E-state index in [4.69, 9.17) is 11.5 Å². The summed E-state index contributed by atoms with van der Waals surface area (Å²) in [5, 5.41) is 8.88. The molecule has 4 rings (SSSR count). The molecule has 182 valence electrons. The highest BCUT2D eigenvalue weighted by Crippen LogP contribution is 2.32. The molecule has 6 N–H and O–H groups in total. The highest BCUT2D eigenvalue weighted by Gasteiger charge is 2.24. The molecule has 1 aliphatic rings. The van der Waals surface area contributed by atoms with Gasteiger partial charge in [0.05, 0.1) is 35.1 Å². The lowest BCUT2D eigenvalue weighted by Crippen LogP contribution is -2.33. The number of carbonyl (C=O) groups is 1. The highest BCUT2D eigenvalue weighted by atomic mass is 32.2. The zero-order valence-electron chi connectivity index (χ0n) is 19.4. The van der Waals surface area contributed by atoms with Gasteiger partial charge in [-0.05, 0) is 49.8 Å². The van der Waals surface area contributed by atoms with Gasteiger partial charge in [0, 0.05) is 24.0 Å². The summed E-state index contributed by atoms with van der Waals surface area (Å²) in [6.07, 6.45) is 8.77. The monoisotopic (exact) mass is 485 g/mol. The van der Waals surface area contributed by atoms with Gasteiger partial charge < -0.3 is 16.8 Å². The Morgan fingerprint density at radius 2 is 1.85 bits per heavy atom. The molecule has 1 atom stereocenters. The molecule has 0 saturated heterocycles. The first kappa shape index (κ1) is 24.0. The Hall–Kier alpha value is -3.18. The molecule has 34 heavy (non-hydrogen) atoms. The number of carbonyl (C=O) groups excluding carboxylic acids is 1. The molecule has 0 radical (unpaired) electrons. The Bertz CT molecular complexity index is 1280.